The molecule has 0 amide bonds. The van der Waals surface area contributed by atoms with Crippen molar-refractivity contribution in [3.8, 4) is 0 Å². The number of aliphatic hydroxyl groups excluding tert-OH is 1. The molecule has 0 rings (SSSR count). The summed E-state index contributed by atoms with van der Waals surface area (Å²) in [7, 11) is -9.89. The van der Waals surface area contributed by atoms with Crippen LogP contribution in [0.15, 0.2) is 0 Å². The monoisotopic (exact) mass is 1300 g/mol. The standard InChI is InChI=1S/C69H134O17P2/c1-7-9-11-13-15-34-41-47-53-68(73)85-64(57-79-66(71)51-45-39-31-14-12-10-8-2)59-83-87(75,76)81-55-63(70)56-82-88(77,78)84-60-65(58-80-67(72)52-46-40-35-29-25-22-18-20-24-28-33-38-44-50-62(5)6)86-69(74)54-48-42-36-30-26-21-17-16-19-23-27-32-37-43-49-61(3)4/h61-65,70H,7-60H2,1-6H3,(H,75,76)(H,77,78)/t63-,64+,65+/m0/s1. The van der Waals surface area contributed by atoms with Crippen molar-refractivity contribution in [2.45, 2.75) is 368 Å². The lowest BCUT2D eigenvalue weighted by Gasteiger charge is -2.21. The van der Waals surface area contributed by atoms with E-state index in [2.05, 4.69) is 41.5 Å². The summed E-state index contributed by atoms with van der Waals surface area (Å²) in [5.41, 5.74) is 0. The number of hydrogen-bond donors (Lipinski definition) is 3. The number of esters is 4. The van der Waals surface area contributed by atoms with Crippen molar-refractivity contribution in [2.24, 2.45) is 11.8 Å². The van der Waals surface area contributed by atoms with Gasteiger partial charge in [-0.3, -0.25) is 37.3 Å². The maximum Gasteiger partial charge on any atom is 0.472 e. The number of phosphoric acid groups is 2. The molecule has 0 aliphatic heterocycles. The minimum atomic E-state index is -4.95. The van der Waals surface area contributed by atoms with Crippen molar-refractivity contribution in [2.75, 3.05) is 39.6 Å². The van der Waals surface area contributed by atoms with Crippen LogP contribution in [0.4, 0.5) is 0 Å². The fourth-order valence-electron chi connectivity index (χ4n) is 10.4. The molecule has 88 heavy (non-hydrogen) atoms. The molecule has 0 saturated heterocycles. The van der Waals surface area contributed by atoms with Crippen LogP contribution in [0, 0.1) is 11.8 Å². The molecule has 0 spiro atoms. The molecule has 0 aliphatic carbocycles. The molecule has 5 atom stereocenters. The lowest BCUT2D eigenvalue weighted by molar-refractivity contribution is -0.161. The molecule has 2 unspecified atom stereocenters. The molecule has 0 bridgehead atoms. The Morgan fingerprint density at radius 1 is 0.307 bits per heavy atom. The number of carbonyl (C=O) groups excluding carboxylic acids is 4. The van der Waals surface area contributed by atoms with E-state index in [4.69, 9.17) is 37.0 Å². The lowest BCUT2D eigenvalue weighted by atomic mass is 10.0. The molecule has 0 saturated carbocycles. The van der Waals surface area contributed by atoms with Crippen LogP contribution in [0.2, 0.25) is 0 Å². The Hall–Kier alpha value is -1.94. The topological polar surface area (TPSA) is 237 Å². The first-order chi connectivity index (χ1) is 42.4. The van der Waals surface area contributed by atoms with Gasteiger partial charge in [0, 0.05) is 25.7 Å². The average Bonchev–Trinajstić information content (AvgIpc) is 3.63. The van der Waals surface area contributed by atoms with Crippen molar-refractivity contribution < 1.29 is 80.2 Å². The Kier molecular flexibility index (Phi) is 59.9. The van der Waals surface area contributed by atoms with E-state index >= 15 is 0 Å². The average molecular weight is 1300 g/mol. The van der Waals surface area contributed by atoms with Crippen LogP contribution in [0.1, 0.15) is 350 Å². The van der Waals surface area contributed by atoms with Crippen LogP contribution in [-0.2, 0) is 65.4 Å². The number of aliphatic hydroxyl groups is 1. The van der Waals surface area contributed by atoms with Crippen molar-refractivity contribution in [1.29, 1.82) is 0 Å². The third-order valence-corrected chi connectivity index (χ3v) is 17.9. The SMILES string of the molecule is CCCCCCCCCCC(=O)O[C@H](COC(=O)CCCCCCCCC)COP(=O)(O)OC[C@H](O)COP(=O)(O)OC[C@@H](COC(=O)CCCCCCCCCCCCCCCC(C)C)OC(=O)CCCCCCCCCCCCCCCCC(C)C. The Labute approximate surface area is 537 Å². The largest absolute Gasteiger partial charge is 0.472 e. The van der Waals surface area contributed by atoms with Gasteiger partial charge in [0.15, 0.2) is 12.2 Å². The zero-order valence-corrected chi connectivity index (χ0v) is 58.8. The van der Waals surface area contributed by atoms with Crippen LogP contribution in [-0.4, -0.2) is 96.7 Å². The molecule has 0 heterocycles. The van der Waals surface area contributed by atoms with E-state index in [0.717, 1.165) is 121 Å². The van der Waals surface area contributed by atoms with Gasteiger partial charge in [-0.1, -0.05) is 298 Å². The Balaban J connectivity index is 5.17. The van der Waals surface area contributed by atoms with Crippen LogP contribution in [0.5, 0.6) is 0 Å². The molecular weight excluding hydrogens is 1160 g/mol. The van der Waals surface area contributed by atoms with Gasteiger partial charge in [0.2, 0.25) is 0 Å². The zero-order chi connectivity index (χ0) is 65.0. The van der Waals surface area contributed by atoms with Gasteiger partial charge in [0.25, 0.3) is 0 Å². The number of rotatable bonds is 68. The minimum Gasteiger partial charge on any atom is -0.462 e. The molecule has 0 aliphatic rings. The fourth-order valence-corrected chi connectivity index (χ4v) is 12.0. The second kappa shape index (κ2) is 61.3. The van der Waals surface area contributed by atoms with Crippen LogP contribution in [0.3, 0.4) is 0 Å². The fraction of sp³-hybridized carbons (Fsp3) is 0.942. The quantitative estimate of drug-likeness (QED) is 0.0222. The Morgan fingerprint density at radius 2 is 0.523 bits per heavy atom. The molecule has 0 fully saturated rings. The van der Waals surface area contributed by atoms with Gasteiger partial charge >= 0.3 is 39.5 Å². The second-order valence-corrected chi connectivity index (χ2v) is 28.8. The molecule has 0 aromatic carbocycles. The van der Waals surface area contributed by atoms with Gasteiger partial charge in [0.1, 0.15) is 19.3 Å². The Morgan fingerprint density at radius 3 is 0.773 bits per heavy atom. The highest BCUT2D eigenvalue weighted by atomic mass is 31.2. The molecule has 3 N–H and O–H groups in total. The van der Waals surface area contributed by atoms with E-state index in [1.165, 1.54) is 148 Å². The Bertz CT molecular complexity index is 1720. The summed E-state index contributed by atoms with van der Waals surface area (Å²) in [4.78, 5) is 72.3. The first kappa shape index (κ1) is 86.1. The first-order valence-corrected chi connectivity index (χ1v) is 39.0. The smallest absolute Gasteiger partial charge is 0.462 e. The molecule has 17 nitrogen and oxygen atoms in total. The van der Waals surface area contributed by atoms with E-state index in [9.17, 15) is 43.2 Å². The maximum absolute atomic E-state index is 13.0. The molecule has 0 aromatic rings. The molecular formula is C69H134O17P2. The highest BCUT2D eigenvalue weighted by molar-refractivity contribution is 7.47. The summed E-state index contributed by atoms with van der Waals surface area (Å²) >= 11 is 0. The van der Waals surface area contributed by atoms with Crippen LogP contribution < -0.4 is 0 Å². The summed E-state index contributed by atoms with van der Waals surface area (Å²) in [5, 5.41) is 10.5. The lowest BCUT2D eigenvalue weighted by Crippen LogP contribution is -2.30. The van der Waals surface area contributed by atoms with Gasteiger partial charge in [-0.2, -0.15) is 0 Å². The summed E-state index contributed by atoms with van der Waals surface area (Å²) in [6.45, 7) is 9.51. The van der Waals surface area contributed by atoms with Crippen LogP contribution >= 0.6 is 15.6 Å². The zero-order valence-electron chi connectivity index (χ0n) is 57.0. The van der Waals surface area contributed by atoms with E-state index in [0.29, 0.717) is 25.7 Å². The number of carbonyl (C=O) groups is 4. The van der Waals surface area contributed by atoms with E-state index in [1.807, 2.05) is 0 Å². The third-order valence-electron chi connectivity index (χ3n) is 16.0. The van der Waals surface area contributed by atoms with Gasteiger partial charge in [-0.05, 0) is 37.5 Å². The summed E-state index contributed by atoms with van der Waals surface area (Å²) in [6, 6.07) is 0. The second-order valence-electron chi connectivity index (χ2n) is 25.9. The van der Waals surface area contributed by atoms with E-state index in [-0.39, 0.29) is 25.7 Å². The number of hydrogen-bond acceptors (Lipinski definition) is 15. The predicted octanol–water partition coefficient (Wildman–Crippen LogP) is 19.6. The maximum atomic E-state index is 13.0. The van der Waals surface area contributed by atoms with Crippen molar-refractivity contribution in [3.63, 3.8) is 0 Å². The van der Waals surface area contributed by atoms with E-state index in [1.54, 1.807) is 0 Å². The van der Waals surface area contributed by atoms with Gasteiger partial charge in [0.05, 0.1) is 26.4 Å². The summed E-state index contributed by atoms with van der Waals surface area (Å²) in [6.07, 6.45) is 46.0. The van der Waals surface area contributed by atoms with Crippen molar-refractivity contribution >= 4 is 39.5 Å². The van der Waals surface area contributed by atoms with Gasteiger partial charge in [-0.15, -0.1) is 0 Å². The summed E-state index contributed by atoms with van der Waals surface area (Å²) < 4.78 is 68.1. The summed E-state index contributed by atoms with van der Waals surface area (Å²) in [5.74, 6) is -0.546. The number of phosphoric ester groups is 2. The van der Waals surface area contributed by atoms with Crippen LogP contribution in [0.25, 0.3) is 0 Å². The number of unbranched alkanes of at least 4 members (excludes halogenated alkanes) is 38. The number of ether oxygens (including phenoxy) is 4. The van der Waals surface area contributed by atoms with Crippen molar-refractivity contribution in [3.05, 3.63) is 0 Å². The van der Waals surface area contributed by atoms with Crippen molar-refractivity contribution in [1.82, 2.24) is 0 Å². The predicted molar refractivity (Wildman–Crippen MR) is 354 cm³/mol. The minimum absolute atomic E-state index is 0.104. The molecule has 522 valence electrons. The molecule has 0 aromatic heterocycles. The molecule has 0 radical (unpaired) electrons. The van der Waals surface area contributed by atoms with E-state index < -0.39 is 97.5 Å². The normalized spacial score (nSPS) is 14.2. The highest BCUT2D eigenvalue weighted by Gasteiger charge is 2.30. The highest BCUT2D eigenvalue weighted by Crippen LogP contribution is 2.45. The third kappa shape index (κ3) is 62.8. The van der Waals surface area contributed by atoms with Gasteiger partial charge in [-0.25, -0.2) is 9.13 Å². The first-order valence-electron chi connectivity index (χ1n) is 36.0. The molecule has 19 heteroatoms. The van der Waals surface area contributed by atoms with Gasteiger partial charge < -0.3 is 33.8 Å².